The highest BCUT2D eigenvalue weighted by molar-refractivity contribution is 5.88. The fraction of sp³-hybridized carbons (Fsp3) is 0.0714. The van der Waals surface area contributed by atoms with E-state index >= 15 is 0 Å². The van der Waals surface area contributed by atoms with Crippen LogP contribution in [-0.4, -0.2) is 25.7 Å². The van der Waals surface area contributed by atoms with Crippen LogP contribution in [0.5, 0.6) is 5.88 Å². The third kappa shape index (κ3) is 2.62. The first-order valence-electron chi connectivity index (χ1n) is 6.16. The summed E-state index contributed by atoms with van der Waals surface area (Å²) in [7, 11) is 0. The lowest BCUT2D eigenvalue weighted by molar-refractivity contribution is 0.0465. The second-order valence-electron chi connectivity index (χ2n) is 4.38. The Morgan fingerprint density at radius 3 is 2.81 bits per heavy atom. The third-order valence-corrected chi connectivity index (χ3v) is 2.86. The zero-order valence-corrected chi connectivity index (χ0v) is 10.8. The molecule has 0 radical (unpaired) electrons. The Morgan fingerprint density at radius 1 is 1.29 bits per heavy atom. The molecule has 7 heteroatoms. The number of fused-ring (bicyclic) bond motifs is 1. The molecule has 0 amide bonds. The molecule has 2 aromatic heterocycles. The number of aromatic hydroxyl groups is 1. The minimum absolute atomic E-state index is 0.00285. The van der Waals surface area contributed by atoms with E-state index in [4.69, 9.17) is 4.74 Å². The quantitative estimate of drug-likeness (QED) is 0.702. The monoisotopic (exact) mass is 285 g/mol. The van der Waals surface area contributed by atoms with E-state index in [0.29, 0.717) is 0 Å². The number of aromatic nitrogens is 3. The third-order valence-electron chi connectivity index (χ3n) is 2.86. The Labute approximate surface area is 118 Å². The standard InChI is InChI=1S/C14H11N3O4/c18-12-7-13(19)17-11(15-12)6-10(16-17)14(20)21-8-9-4-2-1-3-5-9/h1-7,19H,8H2,(H,15,18). The van der Waals surface area contributed by atoms with Gasteiger partial charge in [-0.3, -0.25) is 4.79 Å². The number of benzene rings is 1. The van der Waals surface area contributed by atoms with Crippen molar-refractivity contribution in [3.8, 4) is 5.88 Å². The molecule has 0 atom stereocenters. The van der Waals surface area contributed by atoms with Gasteiger partial charge in [0.15, 0.2) is 5.69 Å². The van der Waals surface area contributed by atoms with Gasteiger partial charge < -0.3 is 14.8 Å². The summed E-state index contributed by atoms with van der Waals surface area (Å²) in [6.45, 7) is 0.121. The summed E-state index contributed by atoms with van der Waals surface area (Å²) in [6.07, 6.45) is 0. The van der Waals surface area contributed by atoms with Crippen LogP contribution in [0.2, 0.25) is 0 Å². The smallest absolute Gasteiger partial charge is 0.359 e. The Hall–Kier alpha value is -3.09. The number of esters is 1. The van der Waals surface area contributed by atoms with E-state index in [1.165, 1.54) is 6.07 Å². The van der Waals surface area contributed by atoms with Gasteiger partial charge in [0.25, 0.3) is 5.56 Å². The normalized spacial score (nSPS) is 10.7. The minimum Gasteiger partial charge on any atom is -0.493 e. The fourth-order valence-electron chi connectivity index (χ4n) is 1.88. The molecule has 21 heavy (non-hydrogen) atoms. The van der Waals surface area contributed by atoms with Crippen molar-refractivity contribution < 1.29 is 14.6 Å². The molecular weight excluding hydrogens is 274 g/mol. The lowest BCUT2D eigenvalue weighted by atomic mass is 10.2. The minimum atomic E-state index is -0.636. The zero-order valence-electron chi connectivity index (χ0n) is 10.8. The first kappa shape index (κ1) is 12.9. The molecule has 106 valence electrons. The molecule has 7 nitrogen and oxygen atoms in total. The predicted molar refractivity (Wildman–Crippen MR) is 73.0 cm³/mol. The molecule has 0 aliphatic carbocycles. The largest absolute Gasteiger partial charge is 0.493 e. The van der Waals surface area contributed by atoms with Crippen molar-refractivity contribution in [2.45, 2.75) is 6.61 Å². The second kappa shape index (κ2) is 5.12. The maximum Gasteiger partial charge on any atom is 0.359 e. The molecule has 0 aliphatic heterocycles. The van der Waals surface area contributed by atoms with Crippen LogP contribution in [0.4, 0.5) is 0 Å². The summed E-state index contributed by atoms with van der Waals surface area (Å²) >= 11 is 0. The van der Waals surface area contributed by atoms with Crippen molar-refractivity contribution in [2.24, 2.45) is 0 Å². The molecule has 0 saturated heterocycles. The van der Waals surface area contributed by atoms with Crippen LogP contribution in [0.3, 0.4) is 0 Å². The summed E-state index contributed by atoms with van der Waals surface area (Å²) < 4.78 is 6.18. The van der Waals surface area contributed by atoms with Gasteiger partial charge in [-0.25, -0.2) is 4.79 Å². The predicted octanol–water partition coefficient (Wildman–Crippen LogP) is 1.09. The van der Waals surface area contributed by atoms with Crippen LogP contribution in [0.15, 0.2) is 47.3 Å². The Balaban J connectivity index is 1.82. The van der Waals surface area contributed by atoms with Gasteiger partial charge in [-0.2, -0.15) is 9.61 Å². The van der Waals surface area contributed by atoms with Gasteiger partial charge in [0.1, 0.15) is 12.3 Å². The van der Waals surface area contributed by atoms with Crippen LogP contribution in [0, 0.1) is 0 Å². The van der Waals surface area contributed by atoms with Crippen molar-refractivity contribution >= 4 is 11.6 Å². The first-order chi connectivity index (χ1) is 10.1. The summed E-state index contributed by atoms with van der Waals surface area (Å²) in [5.41, 5.74) is 0.588. The van der Waals surface area contributed by atoms with Crippen molar-refractivity contribution in [3.63, 3.8) is 0 Å². The van der Waals surface area contributed by atoms with Crippen molar-refractivity contribution in [3.05, 3.63) is 64.1 Å². The highest BCUT2D eigenvalue weighted by Gasteiger charge is 2.14. The van der Waals surface area contributed by atoms with E-state index in [0.717, 1.165) is 16.1 Å². The Kier molecular flexibility index (Phi) is 3.15. The Bertz CT molecular complexity index is 852. The number of H-pyrrole nitrogens is 1. The maximum atomic E-state index is 11.9. The van der Waals surface area contributed by atoms with E-state index in [2.05, 4.69) is 10.1 Å². The van der Waals surface area contributed by atoms with Gasteiger partial charge in [-0.15, -0.1) is 0 Å². The molecule has 3 aromatic rings. The average molecular weight is 285 g/mol. The summed E-state index contributed by atoms with van der Waals surface area (Å²) in [5.74, 6) is -0.987. The number of rotatable bonds is 3. The lowest BCUT2D eigenvalue weighted by Crippen LogP contribution is -2.07. The number of carbonyl (C=O) groups is 1. The van der Waals surface area contributed by atoms with E-state index in [1.807, 2.05) is 30.3 Å². The number of nitrogens with one attached hydrogen (secondary N) is 1. The second-order valence-corrected chi connectivity index (χ2v) is 4.38. The SMILES string of the molecule is O=C(OCc1ccccc1)c1cc2[nH]c(=O)cc(O)n2n1. The summed E-state index contributed by atoms with van der Waals surface area (Å²) in [6, 6.07) is 11.5. The molecule has 2 N–H and O–H groups in total. The first-order valence-corrected chi connectivity index (χ1v) is 6.16. The maximum absolute atomic E-state index is 11.9. The number of carbonyl (C=O) groups excluding carboxylic acids is 1. The molecule has 0 unspecified atom stereocenters. The molecule has 1 aromatic carbocycles. The number of hydrogen-bond acceptors (Lipinski definition) is 5. The van der Waals surface area contributed by atoms with E-state index in [-0.39, 0.29) is 23.8 Å². The zero-order chi connectivity index (χ0) is 14.8. The van der Waals surface area contributed by atoms with Gasteiger partial charge in [0.2, 0.25) is 5.88 Å². The van der Waals surface area contributed by atoms with E-state index in [1.54, 1.807) is 0 Å². The van der Waals surface area contributed by atoms with Crippen LogP contribution in [-0.2, 0) is 11.3 Å². The van der Waals surface area contributed by atoms with Crippen LogP contribution in [0.25, 0.3) is 5.65 Å². The van der Waals surface area contributed by atoms with Gasteiger partial charge in [-0.05, 0) is 5.56 Å². The highest BCUT2D eigenvalue weighted by Crippen LogP contribution is 2.11. The van der Waals surface area contributed by atoms with Crippen LogP contribution in [0.1, 0.15) is 16.1 Å². The van der Waals surface area contributed by atoms with Crippen molar-refractivity contribution in [1.29, 1.82) is 0 Å². The van der Waals surface area contributed by atoms with E-state index in [9.17, 15) is 14.7 Å². The highest BCUT2D eigenvalue weighted by atomic mass is 16.5. The number of ether oxygens (including phenoxy) is 1. The summed E-state index contributed by atoms with van der Waals surface area (Å²) in [5, 5.41) is 13.5. The van der Waals surface area contributed by atoms with Gasteiger partial charge in [0, 0.05) is 6.07 Å². The Morgan fingerprint density at radius 2 is 2.05 bits per heavy atom. The molecule has 0 spiro atoms. The molecular formula is C14H11N3O4. The topological polar surface area (TPSA) is 96.7 Å². The van der Waals surface area contributed by atoms with Crippen LogP contribution < -0.4 is 5.56 Å². The molecule has 3 rings (SSSR count). The molecule has 0 fully saturated rings. The van der Waals surface area contributed by atoms with Gasteiger partial charge >= 0.3 is 5.97 Å². The fourth-order valence-corrected chi connectivity index (χ4v) is 1.88. The molecule has 0 aliphatic rings. The van der Waals surface area contributed by atoms with Crippen molar-refractivity contribution in [2.75, 3.05) is 0 Å². The van der Waals surface area contributed by atoms with Crippen LogP contribution >= 0.6 is 0 Å². The number of hydrogen-bond donors (Lipinski definition) is 2. The van der Waals surface area contributed by atoms with Gasteiger partial charge in [-0.1, -0.05) is 30.3 Å². The van der Waals surface area contributed by atoms with E-state index < -0.39 is 11.5 Å². The van der Waals surface area contributed by atoms with Gasteiger partial charge in [0.05, 0.1) is 6.07 Å². The molecule has 0 saturated carbocycles. The lowest BCUT2D eigenvalue weighted by Gasteiger charge is -2.02. The molecule has 2 heterocycles. The summed E-state index contributed by atoms with van der Waals surface area (Å²) in [4.78, 5) is 25.6. The number of nitrogens with zero attached hydrogens (tertiary/aromatic N) is 2. The average Bonchev–Trinajstić information content (AvgIpc) is 2.90. The van der Waals surface area contributed by atoms with Crippen molar-refractivity contribution in [1.82, 2.24) is 14.6 Å². The molecule has 0 bridgehead atoms. The number of aromatic amines is 1.